The Balaban J connectivity index is 2.19. The van der Waals surface area contributed by atoms with Crippen LogP contribution in [0.1, 0.15) is 10.5 Å². The quantitative estimate of drug-likeness (QED) is 0.743. The van der Waals surface area contributed by atoms with E-state index >= 15 is 0 Å². The summed E-state index contributed by atoms with van der Waals surface area (Å²) < 4.78 is 6.29. The molecule has 1 aromatic heterocycles. The van der Waals surface area contributed by atoms with E-state index in [2.05, 4.69) is 58.8 Å². The van der Waals surface area contributed by atoms with Crippen molar-refractivity contribution in [3.05, 3.63) is 31.9 Å². The van der Waals surface area contributed by atoms with Crippen molar-refractivity contribution in [1.82, 2.24) is 10.3 Å². The third kappa shape index (κ3) is 2.75. The number of nitrogen functional groups attached to an aromatic ring is 1. The molecule has 1 heterocycles. The Labute approximate surface area is 118 Å². The van der Waals surface area contributed by atoms with Gasteiger partial charge in [0.05, 0.1) is 0 Å². The molecule has 0 bridgehead atoms. The van der Waals surface area contributed by atoms with E-state index in [1.54, 1.807) is 12.1 Å². The highest BCUT2D eigenvalue weighted by Crippen LogP contribution is 2.23. The average Bonchev–Trinajstić information content (AvgIpc) is 2.70. The Kier molecular flexibility index (Phi) is 3.62. The van der Waals surface area contributed by atoms with Gasteiger partial charge in [-0.2, -0.15) is 0 Å². The van der Waals surface area contributed by atoms with Gasteiger partial charge in [-0.25, -0.2) is 4.63 Å². The van der Waals surface area contributed by atoms with Gasteiger partial charge >= 0.3 is 0 Å². The molecule has 0 fully saturated rings. The predicted molar refractivity (Wildman–Crippen MR) is 73.5 cm³/mol. The molecule has 0 aliphatic carbocycles. The topological polar surface area (TPSA) is 94.0 Å². The molecule has 0 radical (unpaired) electrons. The fourth-order valence-corrected chi connectivity index (χ4v) is 1.83. The second-order valence-corrected chi connectivity index (χ2v) is 5.10. The Bertz CT molecular complexity index is 572. The zero-order valence-corrected chi connectivity index (χ0v) is 12.0. The summed E-state index contributed by atoms with van der Waals surface area (Å²) in [5.41, 5.74) is 6.01. The number of benzene rings is 1. The van der Waals surface area contributed by atoms with Gasteiger partial charge in [-0.05, 0) is 67.0 Å². The lowest BCUT2D eigenvalue weighted by molar-refractivity contribution is 0.101. The van der Waals surface area contributed by atoms with E-state index in [4.69, 9.17) is 5.73 Å². The van der Waals surface area contributed by atoms with Crippen molar-refractivity contribution in [2.45, 2.75) is 0 Å². The van der Waals surface area contributed by atoms with Crippen molar-refractivity contribution >= 4 is 55.9 Å². The number of halogens is 2. The summed E-state index contributed by atoms with van der Waals surface area (Å²) in [6.07, 6.45) is 0. The first-order valence-electron chi connectivity index (χ1n) is 4.42. The SMILES string of the molecule is Nc1nonc1C(=O)Nc1ccc(I)c(Br)c1. The van der Waals surface area contributed by atoms with E-state index in [9.17, 15) is 4.79 Å². The molecule has 1 aromatic carbocycles. The number of hydrogen-bond acceptors (Lipinski definition) is 5. The zero-order chi connectivity index (χ0) is 12.4. The number of nitrogens with zero attached hydrogens (tertiary/aromatic N) is 2. The largest absolute Gasteiger partial charge is 0.379 e. The number of rotatable bonds is 2. The Morgan fingerprint density at radius 2 is 2.24 bits per heavy atom. The Hall–Kier alpha value is -1.16. The molecule has 8 heteroatoms. The van der Waals surface area contributed by atoms with Gasteiger partial charge in [0.15, 0.2) is 0 Å². The lowest BCUT2D eigenvalue weighted by atomic mass is 10.3. The molecule has 0 aliphatic heterocycles. The monoisotopic (exact) mass is 408 g/mol. The predicted octanol–water partition coefficient (Wildman–Crippen LogP) is 2.27. The molecule has 0 saturated carbocycles. The zero-order valence-electron chi connectivity index (χ0n) is 8.28. The van der Waals surface area contributed by atoms with Gasteiger partial charge in [0.25, 0.3) is 5.91 Å². The summed E-state index contributed by atoms with van der Waals surface area (Å²) in [5.74, 6) is -0.496. The van der Waals surface area contributed by atoms with Crippen LogP contribution in [0, 0.1) is 3.57 Å². The van der Waals surface area contributed by atoms with Gasteiger partial charge in [-0.3, -0.25) is 4.79 Å². The molecule has 0 saturated heterocycles. The minimum absolute atomic E-state index is 0.0281. The van der Waals surface area contributed by atoms with Gasteiger partial charge in [-0.15, -0.1) is 0 Å². The highest BCUT2D eigenvalue weighted by molar-refractivity contribution is 14.1. The number of aromatic nitrogens is 2. The molecule has 0 atom stereocenters. The molecule has 1 amide bonds. The van der Waals surface area contributed by atoms with Gasteiger partial charge in [0, 0.05) is 13.7 Å². The number of amides is 1. The third-order valence-electron chi connectivity index (χ3n) is 1.91. The van der Waals surface area contributed by atoms with Gasteiger partial charge in [0.2, 0.25) is 11.5 Å². The van der Waals surface area contributed by atoms with E-state index in [-0.39, 0.29) is 11.5 Å². The highest BCUT2D eigenvalue weighted by Gasteiger charge is 2.16. The second-order valence-electron chi connectivity index (χ2n) is 3.08. The molecule has 0 unspecified atom stereocenters. The number of anilines is 2. The van der Waals surface area contributed by atoms with Crippen LogP contribution in [0.2, 0.25) is 0 Å². The number of hydrogen-bond donors (Lipinski definition) is 2. The Morgan fingerprint density at radius 3 is 2.82 bits per heavy atom. The second kappa shape index (κ2) is 5.00. The molecule has 0 spiro atoms. The summed E-state index contributed by atoms with van der Waals surface area (Å²) in [5, 5.41) is 9.39. The molecule has 6 nitrogen and oxygen atoms in total. The summed E-state index contributed by atoms with van der Waals surface area (Å²) >= 11 is 5.54. The fourth-order valence-electron chi connectivity index (χ4n) is 1.12. The molecule has 2 rings (SSSR count). The van der Waals surface area contributed by atoms with Crippen LogP contribution in [0.25, 0.3) is 0 Å². The first kappa shape index (κ1) is 12.3. The maximum atomic E-state index is 11.7. The Morgan fingerprint density at radius 1 is 1.47 bits per heavy atom. The minimum Gasteiger partial charge on any atom is -0.379 e. The van der Waals surface area contributed by atoms with Crippen molar-refractivity contribution in [2.75, 3.05) is 11.1 Å². The molecule has 17 heavy (non-hydrogen) atoms. The van der Waals surface area contributed by atoms with Crippen LogP contribution in [-0.2, 0) is 0 Å². The van der Waals surface area contributed by atoms with E-state index in [1.165, 1.54) is 0 Å². The lowest BCUT2D eigenvalue weighted by Gasteiger charge is -2.04. The molecule has 88 valence electrons. The maximum absolute atomic E-state index is 11.7. The van der Waals surface area contributed by atoms with E-state index < -0.39 is 5.91 Å². The summed E-state index contributed by atoms with van der Waals surface area (Å²) in [6, 6.07) is 5.42. The first-order chi connectivity index (χ1) is 8.08. The smallest absolute Gasteiger partial charge is 0.281 e. The van der Waals surface area contributed by atoms with Crippen molar-refractivity contribution in [1.29, 1.82) is 0 Å². The number of carbonyl (C=O) groups is 1. The van der Waals surface area contributed by atoms with Crippen LogP contribution in [0.3, 0.4) is 0 Å². The highest BCUT2D eigenvalue weighted by atomic mass is 127. The van der Waals surface area contributed by atoms with Crippen LogP contribution >= 0.6 is 38.5 Å². The minimum atomic E-state index is -0.461. The number of nitrogens with one attached hydrogen (secondary N) is 1. The lowest BCUT2D eigenvalue weighted by Crippen LogP contribution is -2.14. The molecular weight excluding hydrogens is 403 g/mol. The average molecular weight is 409 g/mol. The molecular formula is C9H6BrIN4O2. The first-order valence-corrected chi connectivity index (χ1v) is 6.29. The number of nitrogens with two attached hydrogens (primary N) is 1. The molecule has 2 aromatic rings. The van der Waals surface area contributed by atoms with E-state index in [1.807, 2.05) is 6.07 Å². The van der Waals surface area contributed by atoms with Gasteiger partial charge in [-0.1, -0.05) is 0 Å². The van der Waals surface area contributed by atoms with Crippen LogP contribution in [-0.4, -0.2) is 16.2 Å². The fraction of sp³-hybridized carbons (Fsp3) is 0. The molecule has 0 aliphatic rings. The van der Waals surface area contributed by atoms with Crippen molar-refractivity contribution in [3.8, 4) is 0 Å². The van der Waals surface area contributed by atoms with Gasteiger partial charge < -0.3 is 11.1 Å². The van der Waals surface area contributed by atoms with Crippen molar-refractivity contribution in [2.24, 2.45) is 0 Å². The van der Waals surface area contributed by atoms with Crippen LogP contribution < -0.4 is 11.1 Å². The molecule has 3 N–H and O–H groups in total. The maximum Gasteiger partial charge on any atom is 0.281 e. The third-order valence-corrected chi connectivity index (χ3v) is 4.24. The summed E-state index contributed by atoms with van der Waals surface area (Å²) in [7, 11) is 0. The van der Waals surface area contributed by atoms with E-state index in [0.717, 1.165) is 8.04 Å². The normalized spacial score (nSPS) is 10.2. The van der Waals surface area contributed by atoms with Crippen LogP contribution in [0.5, 0.6) is 0 Å². The number of carbonyl (C=O) groups excluding carboxylic acids is 1. The standard InChI is InChI=1S/C9H6BrIN4O2/c10-5-3-4(1-2-6(5)11)13-9(16)7-8(12)15-17-14-7/h1-3H,(H2,12,15)(H,13,16). The van der Waals surface area contributed by atoms with Crippen LogP contribution in [0.15, 0.2) is 27.3 Å². The van der Waals surface area contributed by atoms with Crippen molar-refractivity contribution < 1.29 is 9.42 Å². The van der Waals surface area contributed by atoms with Crippen LogP contribution in [0.4, 0.5) is 11.5 Å². The van der Waals surface area contributed by atoms with E-state index in [0.29, 0.717) is 5.69 Å². The summed E-state index contributed by atoms with van der Waals surface area (Å²) in [6.45, 7) is 0. The van der Waals surface area contributed by atoms with Crippen molar-refractivity contribution in [3.63, 3.8) is 0 Å². The summed E-state index contributed by atoms with van der Waals surface area (Å²) in [4.78, 5) is 11.7. The van der Waals surface area contributed by atoms with Gasteiger partial charge in [0.1, 0.15) is 0 Å².